The summed E-state index contributed by atoms with van der Waals surface area (Å²) in [7, 11) is 5.95. The fourth-order valence-corrected chi connectivity index (χ4v) is 6.77. The number of aromatic nitrogens is 3. The summed E-state index contributed by atoms with van der Waals surface area (Å²) in [5.41, 5.74) is 4.93. The number of methoxy groups -OCH3 is 1. The van der Waals surface area contributed by atoms with E-state index in [0.717, 1.165) is 52.6 Å². The molecule has 0 amide bonds. The maximum absolute atomic E-state index is 6.43. The van der Waals surface area contributed by atoms with Crippen LogP contribution in [0.15, 0.2) is 48.7 Å². The van der Waals surface area contributed by atoms with Gasteiger partial charge in [0, 0.05) is 104 Å². The van der Waals surface area contributed by atoms with Crippen LogP contribution in [0.25, 0.3) is 11.0 Å². The Kier molecular flexibility index (Phi) is 8.77. The number of benzene rings is 2. The predicted octanol–water partition coefficient (Wildman–Crippen LogP) is 5.70. The summed E-state index contributed by atoms with van der Waals surface area (Å²) in [6, 6.07) is 14.8. The number of hydrogen-bond acceptors (Lipinski definition) is 7. The number of nitrogens with zero attached hydrogens (tertiary/aromatic N) is 6. The summed E-state index contributed by atoms with van der Waals surface area (Å²) in [5, 5.41) is 4.72. The highest BCUT2D eigenvalue weighted by molar-refractivity contribution is 6.36. The molecule has 2 aromatic heterocycles. The van der Waals surface area contributed by atoms with E-state index in [4.69, 9.17) is 37.9 Å². The number of hydrogen-bond donors (Lipinski definition) is 1. The zero-order valence-corrected chi connectivity index (χ0v) is 26.1. The molecule has 2 saturated heterocycles. The van der Waals surface area contributed by atoms with Crippen molar-refractivity contribution in [3.8, 4) is 5.75 Å². The zero-order chi connectivity index (χ0) is 29.2. The van der Waals surface area contributed by atoms with Crippen LogP contribution in [0, 0.1) is 0 Å². The molecule has 0 radical (unpaired) electrons. The molecule has 2 aliphatic heterocycles. The standard InChI is InChI=1S/C32H39Cl2N7O/c1-38-15-17-41(18-16-38)23-9-13-40(14-10-23)24-8-7-22(29(20-24)42-3)19-30-36-28-11-12-39(2)31(28)32(37-30)35-21-25-26(33)5-4-6-27(25)34/h4-8,11-12,20,23H,9-10,13-19,21H2,1-3H3,(H,35,36,37). The van der Waals surface area contributed by atoms with Gasteiger partial charge in [-0.05, 0) is 44.2 Å². The first kappa shape index (κ1) is 29.1. The molecule has 2 fully saturated rings. The second-order valence-corrected chi connectivity index (χ2v) is 12.2. The number of nitrogens with one attached hydrogen (secondary N) is 1. The molecule has 0 unspecified atom stereocenters. The van der Waals surface area contributed by atoms with E-state index < -0.39 is 0 Å². The highest BCUT2D eigenvalue weighted by atomic mass is 35.5. The molecular formula is C32H39Cl2N7O. The molecule has 6 rings (SSSR count). The molecule has 4 heterocycles. The molecule has 2 aromatic carbocycles. The van der Waals surface area contributed by atoms with Crippen LogP contribution in [-0.4, -0.2) is 83.8 Å². The van der Waals surface area contributed by atoms with E-state index in [2.05, 4.69) is 45.3 Å². The van der Waals surface area contributed by atoms with Crippen molar-refractivity contribution < 1.29 is 4.74 Å². The summed E-state index contributed by atoms with van der Waals surface area (Å²) < 4.78 is 7.91. The second kappa shape index (κ2) is 12.7. The lowest BCUT2D eigenvalue weighted by molar-refractivity contribution is 0.0982. The summed E-state index contributed by atoms with van der Waals surface area (Å²) in [6.45, 7) is 7.31. The first-order valence-corrected chi connectivity index (χ1v) is 15.5. The Hall–Kier alpha value is -3.04. The first-order valence-electron chi connectivity index (χ1n) is 14.7. The molecule has 42 heavy (non-hydrogen) atoms. The lowest BCUT2D eigenvalue weighted by Gasteiger charge is -2.42. The number of aryl methyl sites for hydroxylation is 1. The van der Waals surface area contributed by atoms with Gasteiger partial charge in [0.05, 0.1) is 12.6 Å². The third kappa shape index (κ3) is 6.18. The molecule has 222 valence electrons. The number of ether oxygens (including phenoxy) is 1. The lowest BCUT2D eigenvalue weighted by atomic mass is 10.0. The minimum Gasteiger partial charge on any atom is -0.496 e. The number of anilines is 2. The predicted molar refractivity (Wildman–Crippen MR) is 172 cm³/mol. The first-order chi connectivity index (χ1) is 20.4. The minimum atomic E-state index is 0.457. The Morgan fingerprint density at radius 3 is 2.38 bits per heavy atom. The van der Waals surface area contributed by atoms with Gasteiger partial charge in [-0.3, -0.25) is 4.90 Å². The SMILES string of the molecule is COc1cc(N2CCC(N3CCN(C)CC3)CC2)ccc1Cc1nc(NCc2c(Cl)cccc2Cl)c2c(ccn2C)n1. The van der Waals surface area contributed by atoms with Gasteiger partial charge >= 0.3 is 0 Å². The quantitative estimate of drug-likeness (QED) is 0.275. The monoisotopic (exact) mass is 607 g/mol. The van der Waals surface area contributed by atoms with Crippen LogP contribution in [0.4, 0.5) is 11.5 Å². The summed E-state index contributed by atoms with van der Waals surface area (Å²) in [6.07, 6.45) is 4.96. The Bertz CT molecular complexity index is 1520. The number of rotatable bonds is 8. The summed E-state index contributed by atoms with van der Waals surface area (Å²) >= 11 is 12.9. The van der Waals surface area contributed by atoms with Crippen molar-refractivity contribution in [2.24, 2.45) is 7.05 Å². The van der Waals surface area contributed by atoms with Gasteiger partial charge < -0.3 is 24.4 Å². The Morgan fingerprint density at radius 1 is 0.929 bits per heavy atom. The van der Waals surface area contributed by atoms with E-state index in [1.165, 1.54) is 44.7 Å². The molecule has 1 N–H and O–H groups in total. The van der Waals surface area contributed by atoms with Crippen molar-refractivity contribution in [1.82, 2.24) is 24.3 Å². The Balaban J connectivity index is 1.17. The van der Waals surface area contributed by atoms with Crippen LogP contribution < -0.4 is 15.0 Å². The van der Waals surface area contributed by atoms with Gasteiger partial charge in [-0.15, -0.1) is 0 Å². The van der Waals surface area contributed by atoms with E-state index in [-0.39, 0.29) is 0 Å². The van der Waals surface area contributed by atoms with Gasteiger partial charge in [-0.2, -0.15) is 0 Å². The fourth-order valence-electron chi connectivity index (χ4n) is 6.24. The number of piperazine rings is 1. The topological polar surface area (TPSA) is 61.7 Å². The molecule has 8 nitrogen and oxygen atoms in total. The number of piperidine rings is 1. The van der Waals surface area contributed by atoms with Crippen LogP contribution in [0.2, 0.25) is 10.0 Å². The van der Waals surface area contributed by atoms with Crippen molar-refractivity contribution in [3.63, 3.8) is 0 Å². The van der Waals surface area contributed by atoms with E-state index >= 15 is 0 Å². The van der Waals surface area contributed by atoms with Crippen molar-refractivity contribution in [3.05, 3.63) is 75.7 Å². The number of halogens is 2. The fraction of sp³-hybridized carbons (Fsp3) is 0.438. The molecule has 4 aromatic rings. The molecule has 0 saturated carbocycles. The van der Waals surface area contributed by atoms with Gasteiger partial charge in [0.25, 0.3) is 0 Å². The smallest absolute Gasteiger partial charge is 0.154 e. The van der Waals surface area contributed by atoms with E-state index in [1.807, 2.05) is 42.1 Å². The van der Waals surface area contributed by atoms with Gasteiger partial charge in [-0.1, -0.05) is 35.3 Å². The minimum absolute atomic E-state index is 0.457. The van der Waals surface area contributed by atoms with E-state index in [1.54, 1.807) is 7.11 Å². The number of likely N-dealkylation sites (N-methyl/N-ethyl adjacent to an activating group) is 1. The van der Waals surface area contributed by atoms with Crippen molar-refractivity contribution in [2.45, 2.75) is 31.8 Å². The van der Waals surface area contributed by atoms with Crippen LogP contribution in [-0.2, 0) is 20.0 Å². The van der Waals surface area contributed by atoms with Crippen LogP contribution >= 0.6 is 23.2 Å². The van der Waals surface area contributed by atoms with Crippen molar-refractivity contribution in [2.75, 3.05) is 63.6 Å². The lowest BCUT2D eigenvalue weighted by Crippen LogP contribution is -2.52. The molecule has 0 bridgehead atoms. The van der Waals surface area contributed by atoms with Crippen LogP contribution in [0.5, 0.6) is 5.75 Å². The average molecular weight is 609 g/mol. The Morgan fingerprint density at radius 2 is 1.67 bits per heavy atom. The van der Waals surface area contributed by atoms with Gasteiger partial charge in [0.15, 0.2) is 5.82 Å². The molecule has 0 spiro atoms. The second-order valence-electron chi connectivity index (χ2n) is 11.4. The van der Waals surface area contributed by atoms with E-state index in [0.29, 0.717) is 29.1 Å². The molecule has 0 atom stereocenters. The molecule has 10 heteroatoms. The summed E-state index contributed by atoms with van der Waals surface area (Å²) in [5.74, 6) is 2.33. The molecule has 0 aliphatic carbocycles. The van der Waals surface area contributed by atoms with Crippen molar-refractivity contribution >= 4 is 45.7 Å². The highest BCUT2D eigenvalue weighted by Crippen LogP contribution is 2.31. The average Bonchev–Trinajstić information content (AvgIpc) is 3.38. The largest absolute Gasteiger partial charge is 0.496 e. The van der Waals surface area contributed by atoms with Gasteiger partial charge in [0.2, 0.25) is 0 Å². The maximum Gasteiger partial charge on any atom is 0.154 e. The van der Waals surface area contributed by atoms with Crippen LogP contribution in [0.1, 0.15) is 29.8 Å². The zero-order valence-electron chi connectivity index (χ0n) is 24.6. The molecule has 2 aliphatic rings. The molecular weight excluding hydrogens is 569 g/mol. The normalized spacial score (nSPS) is 17.2. The highest BCUT2D eigenvalue weighted by Gasteiger charge is 2.27. The van der Waals surface area contributed by atoms with Gasteiger partial charge in [0.1, 0.15) is 17.1 Å². The number of fused-ring (bicyclic) bond motifs is 1. The third-order valence-electron chi connectivity index (χ3n) is 8.76. The summed E-state index contributed by atoms with van der Waals surface area (Å²) in [4.78, 5) is 17.4. The third-order valence-corrected chi connectivity index (χ3v) is 9.47. The van der Waals surface area contributed by atoms with E-state index in [9.17, 15) is 0 Å². The van der Waals surface area contributed by atoms with Crippen molar-refractivity contribution in [1.29, 1.82) is 0 Å². The Labute approximate surface area is 258 Å². The van der Waals surface area contributed by atoms with Gasteiger partial charge in [-0.25, -0.2) is 9.97 Å². The van der Waals surface area contributed by atoms with Crippen LogP contribution in [0.3, 0.4) is 0 Å². The maximum atomic E-state index is 6.43.